The summed E-state index contributed by atoms with van der Waals surface area (Å²) in [4.78, 5) is 25.4. The standard InChI is InChI=1S/C57H104O5/c1-4-7-10-13-16-19-22-25-27-29-30-33-35-38-41-44-47-50-56(58)61-54-55(62-57(59)51-48-45-42-39-36-32-24-21-18-15-12-9-6-3)53-60-52-49-46-43-40-37-34-31-28-26-23-20-17-14-11-8-5-2/h9,12,18,21,32,36,42,45,55H,4-8,10-11,13-17,19-20,22-31,33-35,37-41,43-44,46-54H2,1-3H3/b12-9-,21-18-,36-32-,45-42-. The number of esters is 2. The van der Waals surface area contributed by atoms with Crippen LogP contribution in [-0.2, 0) is 23.8 Å². The van der Waals surface area contributed by atoms with E-state index in [4.69, 9.17) is 14.2 Å². The third kappa shape index (κ3) is 50.5. The van der Waals surface area contributed by atoms with E-state index in [1.54, 1.807) is 0 Å². The van der Waals surface area contributed by atoms with Crippen molar-refractivity contribution in [1.82, 2.24) is 0 Å². The van der Waals surface area contributed by atoms with Gasteiger partial charge in [0.05, 0.1) is 6.61 Å². The van der Waals surface area contributed by atoms with Crippen molar-refractivity contribution in [3.8, 4) is 0 Å². The molecule has 0 spiro atoms. The quantitative estimate of drug-likeness (QED) is 0.0346. The number of hydrogen-bond donors (Lipinski definition) is 0. The van der Waals surface area contributed by atoms with Crippen molar-refractivity contribution >= 4 is 11.9 Å². The Hall–Kier alpha value is -2.14. The summed E-state index contributed by atoms with van der Waals surface area (Å²) in [5.41, 5.74) is 0. The monoisotopic (exact) mass is 869 g/mol. The van der Waals surface area contributed by atoms with Crippen LogP contribution in [0.4, 0.5) is 0 Å². The highest BCUT2D eigenvalue weighted by Gasteiger charge is 2.17. The van der Waals surface area contributed by atoms with E-state index in [0.717, 1.165) is 51.4 Å². The average molecular weight is 869 g/mol. The van der Waals surface area contributed by atoms with E-state index >= 15 is 0 Å². The van der Waals surface area contributed by atoms with E-state index in [-0.39, 0.29) is 25.2 Å². The van der Waals surface area contributed by atoms with Gasteiger partial charge in [-0.1, -0.05) is 268 Å². The highest BCUT2D eigenvalue weighted by molar-refractivity contribution is 5.70. The number of hydrogen-bond acceptors (Lipinski definition) is 5. The largest absolute Gasteiger partial charge is 0.462 e. The van der Waals surface area contributed by atoms with Gasteiger partial charge in [-0.25, -0.2) is 0 Å². The molecule has 0 rings (SSSR count). The van der Waals surface area contributed by atoms with Crippen LogP contribution in [0.2, 0.25) is 0 Å². The van der Waals surface area contributed by atoms with Crippen molar-refractivity contribution in [3.63, 3.8) is 0 Å². The smallest absolute Gasteiger partial charge is 0.306 e. The molecule has 5 heteroatoms. The number of allylic oxidation sites excluding steroid dienone is 8. The molecule has 0 aromatic heterocycles. The van der Waals surface area contributed by atoms with Gasteiger partial charge >= 0.3 is 11.9 Å². The molecule has 0 saturated carbocycles. The maximum Gasteiger partial charge on any atom is 0.306 e. The second kappa shape index (κ2) is 53.2. The van der Waals surface area contributed by atoms with E-state index < -0.39 is 6.10 Å². The van der Waals surface area contributed by atoms with Crippen LogP contribution in [0.3, 0.4) is 0 Å². The molecule has 62 heavy (non-hydrogen) atoms. The summed E-state index contributed by atoms with van der Waals surface area (Å²) in [5, 5.41) is 0. The molecular weight excluding hydrogens is 765 g/mol. The molecule has 0 radical (unpaired) electrons. The fourth-order valence-electron chi connectivity index (χ4n) is 7.88. The van der Waals surface area contributed by atoms with E-state index in [1.165, 1.54) is 186 Å². The normalized spacial score (nSPS) is 12.5. The summed E-state index contributed by atoms with van der Waals surface area (Å²) in [7, 11) is 0. The van der Waals surface area contributed by atoms with Crippen LogP contribution in [0.1, 0.15) is 278 Å². The van der Waals surface area contributed by atoms with E-state index in [2.05, 4.69) is 63.3 Å². The fourth-order valence-corrected chi connectivity index (χ4v) is 7.88. The van der Waals surface area contributed by atoms with Crippen molar-refractivity contribution in [2.75, 3.05) is 19.8 Å². The second-order valence-corrected chi connectivity index (χ2v) is 18.1. The Morgan fingerprint density at radius 3 is 1.13 bits per heavy atom. The molecule has 362 valence electrons. The molecule has 1 atom stereocenters. The Morgan fingerprint density at radius 1 is 0.371 bits per heavy atom. The van der Waals surface area contributed by atoms with Crippen molar-refractivity contribution < 1.29 is 23.8 Å². The number of rotatable bonds is 50. The Morgan fingerprint density at radius 2 is 0.726 bits per heavy atom. The van der Waals surface area contributed by atoms with Gasteiger partial charge in [0.15, 0.2) is 6.10 Å². The first-order valence-electron chi connectivity index (χ1n) is 27.2. The second-order valence-electron chi connectivity index (χ2n) is 18.1. The molecule has 5 nitrogen and oxygen atoms in total. The maximum absolute atomic E-state index is 12.8. The number of ether oxygens (including phenoxy) is 3. The highest BCUT2D eigenvalue weighted by atomic mass is 16.6. The van der Waals surface area contributed by atoms with Gasteiger partial charge in [0, 0.05) is 19.4 Å². The van der Waals surface area contributed by atoms with Crippen LogP contribution in [0, 0.1) is 0 Å². The molecule has 0 aromatic rings. The predicted octanol–water partition coefficient (Wildman–Crippen LogP) is 18.3. The third-order valence-electron chi connectivity index (χ3n) is 11.9. The molecule has 0 bridgehead atoms. The zero-order chi connectivity index (χ0) is 44.9. The number of carbonyl (C=O) groups is 2. The summed E-state index contributed by atoms with van der Waals surface area (Å²) in [5.74, 6) is -0.475. The van der Waals surface area contributed by atoms with Crippen molar-refractivity contribution in [3.05, 3.63) is 48.6 Å². The van der Waals surface area contributed by atoms with Crippen LogP contribution in [-0.4, -0.2) is 37.9 Å². The summed E-state index contributed by atoms with van der Waals surface area (Å²) < 4.78 is 17.4. The number of carbonyl (C=O) groups excluding carboxylic acids is 2. The van der Waals surface area contributed by atoms with Gasteiger partial charge in [-0.05, 0) is 44.9 Å². The third-order valence-corrected chi connectivity index (χ3v) is 11.9. The minimum absolute atomic E-state index is 0.0620. The maximum atomic E-state index is 12.8. The first-order valence-corrected chi connectivity index (χ1v) is 27.2. The van der Waals surface area contributed by atoms with Crippen molar-refractivity contribution in [2.45, 2.75) is 284 Å². The average Bonchev–Trinajstić information content (AvgIpc) is 3.27. The first-order chi connectivity index (χ1) is 30.6. The first kappa shape index (κ1) is 59.9. The van der Waals surface area contributed by atoms with Crippen LogP contribution in [0.5, 0.6) is 0 Å². The van der Waals surface area contributed by atoms with Gasteiger partial charge in [0.1, 0.15) is 6.61 Å². The van der Waals surface area contributed by atoms with E-state index in [1.807, 2.05) is 6.08 Å². The van der Waals surface area contributed by atoms with Crippen LogP contribution in [0.25, 0.3) is 0 Å². The van der Waals surface area contributed by atoms with Gasteiger partial charge in [-0.15, -0.1) is 0 Å². The van der Waals surface area contributed by atoms with E-state index in [0.29, 0.717) is 25.9 Å². The summed E-state index contributed by atoms with van der Waals surface area (Å²) in [6, 6.07) is 0. The Labute approximate surface area is 386 Å². The van der Waals surface area contributed by atoms with Crippen LogP contribution in [0.15, 0.2) is 48.6 Å². The van der Waals surface area contributed by atoms with Crippen molar-refractivity contribution in [2.24, 2.45) is 0 Å². The van der Waals surface area contributed by atoms with Gasteiger partial charge in [0.2, 0.25) is 0 Å². The lowest BCUT2D eigenvalue weighted by atomic mass is 10.0. The minimum atomic E-state index is -0.569. The highest BCUT2D eigenvalue weighted by Crippen LogP contribution is 2.16. The Kier molecular flexibility index (Phi) is 51.4. The van der Waals surface area contributed by atoms with Gasteiger partial charge in [-0.2, -0.15) is 0 Å². The molecule has 0 aliphatic carbocycles. The molecule has 0 amide bonds. The lowest BCUT2D eigenvalue weighted by molar-refractivity contribution is -0.162. The summed E-state index contributed by atoms with van der Waals surface area (Å²) in [6.45, 7) is 7.69. The topological polar surface area (TPSA) is 61.8 Å². The lowest BCUT2D eigenvalue weighted by Gasteiger charge is -2.18. The lowest BCUT2D eigenvalue weighted by Crippen LogP contribution is -2.30. The zero-order valence-corrected chi connectivity index (χ0v) is 41.6. The molecule has 1 unspecified atom stereocenters. The van der Waals surface area contributed by atoms with Gasteiger partial charge < -0.3 is 14.2 Å². The van der Waals surface area contributed by atoms with E-state index in [9.17, 15) is 9.59 Å². The number of unbranched alkanes of at least 4 members (excludes halogenated alkanes) is 31. The fraction of sp³-hybridized carbons (Fsp3) is 0.825. The molecule has 0 aliphatic rings. The predicted molar refractivity (Wildman–Crippen MR) is 270 cm³/mol. The molecular formula is C57H104O5. The molecule has 0 N–H and O–H groups in total. The Bertz CT molecular complexity index is 1030. The van der Waals surface area contributed by atoms with Crippen LogP contribution >= 0.6 is 0 Å². The van der Waals surface area contributed by atoms with Crippen LogP contribution < -0.4 is 0 Å². The molecule has 0 saturated heterocycles. The summed E-state index contributed by atoms with van der Waals surface area (Å²) >= 11 is 0. The minimum Gasteiger partial charge on any atom is -0.462 e. The zero-order valence-electron chi connectivity index (χ0n) is 41.6. The van der Waals surface area contributed by atoms with Gasteiger partial charge in [-0.3, -0.25) is 9.59 Å². The molecule has 0 heterocycles. The van der Waals surface area contributed by atoms with Crippen molar-refractivity contribution in [1.29, 1.82) is 0 Å². The summed E-state index contributed by atoms with van der Waals surface area (Å²) in [6.07, 6.45) is 65.7. The Balaban J connectivity index is 4.27. The van der Waals surface area contributed by atoms with Gasteiger partial charge in [0.25, 0.3) is 0 Å². The molecule has 0 aromatic carbocycles. The SMILES string of the molecule is CC/C=C\C/C=C\C/C=C\C/C=C\CCC(=O)OC(COCCCCCCCCCCCCCCCCCC)COC(=O)CCCCCCCCCCCCCCCCCCC. The molecule has 0 fully saturated rings. The molecule has 0 aliphatic heterocycles.